The van der Waals surface area contributed by atoms with Crippen molar-refractivity contribution in [3.63, 3.8) is 0 Å². The first-order valence-electron chi connectivity index (χ1n) is 6.51. The number of allylic oxidation sites excluding steroid dienone is 3. The topological polar surface area (TPSA) is 26.3 Å². The van der Waals surface area contributed by atoms with Crippen molar-refractivity contribution in [3.05, 3.63) is 23.3 Å². The van der Waals surface area contributed by atoms with Gasteiger partial charge in [-0.15, -0.1) is 0 Å². The summed E-state index contributed by atoms with van der Waals surface area (Å²) in [5, 5.41) is 0. The van der Waals surface area contributed by atoms with Gasteiger partial charge in [-0.05, 0) is 53.4 Å². The van der Waals surface area contributed by atoms with Gasteiger partial charge in [-0.2, -0.15) is 0 Å². The number of ether oxygens (including phenoxy) is 1. The van der Waals surface area contributed by atoms with Gasteiger partial charge in [0.1, 0.15) is 5.60 Å². The van der Waals surface area contributed by atoms with Crippen LogP contribution >= 0.6 is 22.6 Å². The molecular formula is C15H23IO2. The fourth-order valence-electron chi connectivity index (χ4n) is 1.99. The Morgan fingerprint density at radius 2 is 2.22 bits per heavy atom. The van der Waals surface area contributed by atoms with Crippen molar-refractivity contribution in [2.45, 2.75) is 62.9 Å². The fourth-order valence-corrected chi connectivity index (χ4v) is 2.43. The van der Waals surface area contributed by atoms with Crippen LogP contribution in [0.25, 0.3) is 0 Å². The van der Waals surface area contributed by atoms with E-state index >= 15 is 0 Å². The van der Waals surface area contributed by atoms with Gasteiger partial charge in [-0.3, -0.25) is 0 Å². The van der Waals surface area contributed by atoms with E-state index in [0.717, 1.165) is 25.7 Å². The summed E-state index contributed by atoms with van der Waals surface area (Å²) in [7, 11) is 0. The van der Waals surface area contributed by atoms with E-state index in [2.05, 4.69) is 42.5 Å². The molecule has 2 nitrogen and oxygen atoms in total. The molecule has 0 amide bonds. The minimum atomic E-state index is -0.362. The summed E-state index contributed by atoms with van der Waals surface area (Å²) in [6, 6.07) is 0. The minimum absolute atomic E-state index is 0.187. The van der Waals surface area contributed by atoms with E-state index in [-0.39, 0.29) is 11.6 Å². The molecule has 18 heavy (non-hydrogen) atoms. The van der Waals surface area contributed by atoms with E-state index in [1.807, 2.05) is 13.8 Å². The second kappa shape index (κ2) is 6.73. The highest BCUT2D eigenvalue weighted by Gasteiger charge is 2.32. The van der Waals surface area contributed by atoms with Gasteiger partial charge < -0.3 is 4.74 Å². The van der Waals surface area contributed by atoms with E-state index in [1.54, 1.807) is 6.08 Å². The van der Waals surface area contributed by atoms with E-state index < -0.39 is 0 Å². The number of rotatable bonds is 3. The van der Waals surface area contributed by atoms with Crippen LogP contribution < -0.4 is 0 Å². The van der Waals surface area contributed by atoms with E-state index in [4.69, 9.17) is 4.74 Å². The Morgan fingerprint density at radius 3 is 2.83 bits per heavy atom. The van der Waals surface area contributed by atoms with E-state index in [0.29, 0.717) is 3.92 Å². The quantitative estimate of drug-likeness (QED) is 0.318. The minimum Gasteiger partial charge on any atom is -0.455 e. The van der Waals surface area contributed by atoms with Crippen molar-refractivity contribution in [2.24, 2.45) is 0 Å². The first-order valence-corrected chi connectivity index (χ1v) is 7.75. The molecule has 102 valence electrons. The van der Waals surface area contributed by atoms with Crippen LogP contribution in [-0.2, 0) is 9.53 Å². The number of carbonyl (C=O) groups excluding carboxylic acids is 1. The zero-order valence-corrected chi connectivity index (χ0v) is 13.9. The molecule has 1 aliphatic heterocycles. The normalized spacial score (nSPS) is 26.4. The van der Waals surface area contributed by atoms with Gasteiger partial charge in [-0.25, -0.2) is 4.79 Å². The number of alkyl halides is 1. The Morgan fingerprint density at radius 1 is 1.56 bits per heavy atom. The summed E-state index contributed by atoms with van der Waals surface area (Å²) in [5.41, 5.74) is 2.19. The molecule has 1 unspecified atom stereocenters. The lowest BCUT2D eigenvalue weighted by atomic mass is 9.95. The Bertz CT molecular complexity index is 363. The zero-order valence-electron chi connectivity index (χ0n) is 11.8. The molecule has 1 aliphatic rings. The molecule has 0 bridgehead atoms. The molecule has 0 aromatic rings. The monoisotopic (exact) mass is 362 g/mol. The average Bonchev–Trinajstić information content (AvgIpc) is 2.22. The number of hydrogen-bond acceptors (Lipinski definition) is 2. The van der Waals surface area contributed by atoms with Gasteiger partial charge in [0.05, 0.1) is 3.92 Å². The molecule has 0 spiro atoms. The number of hydrogen-bond donors (Lipinski definition) is 0. The van der Waals surface area contributed by atoms with Gasteiger partial charge in [0.25, 0.3) is 0 Å². The average molecular weight is 362 g/mol. The molecule has 0 saturated heterocycles. The molecule has 0 saturated carbocycles. The summed E-state index contributed by atoms with van der Waals surface area (Å²) in [6.07, 6.45) is 7.96. The summed E-state index contributed by atoms with van der Waals surface area (Å²) in [5.74, 6) is -0.187. The van der Waals surface area contributed by atoms with Crippen LogP contribution in [0.2, 0.25) is 0 Å². The lowest BCUT2D eigenvalue weighted by Gasteiger charge is -2.32. The third-order valence-electron chi connectivity index (χ3n) is 3.18. The zero-order chi connectivity index (χ0) is 13.8. The van der Waals surface area contributed by atoms with E-state index in [9.17, 15) is 4.79 Å². The molecule has 0 aliphatic carbocycles. The molecule has 1 atom stereocenters. The standard InChI is InChI=1S/C15H23IO2/c1-11(2)6-5-7-12-8-9-13(16)15(3,4)18-14(17)10-12/h6,10,13H,5,7-9H2,1-4H3/b12-10-. The number of carbonyl (C=O) groups is 1. The van der Waals surface area contributed by atoms with Gasteiger partial charge in [-0.1, -0.05) is 39.8 Å². The molecule has 0 radical (unpaired) electrons. The summed E-state index contributed by atoms with van der Waals surface area (Å²) < 4.78 is 5.88. The third kappa shape index (κ3) is 5.12. The fraction of sp³-hybridized carbons (Fsp3) is 0.667. The van der Waals surface area contributed by atoms with Crippen molar-refractivity contribution in [1.82, 2.24) is 0 Å². The second-order valence-corrected chi connectivity index (χ2v) is 7.16. The molecule has 1 heterocycles. The molecule has 0 N–H and O–H groups in total. The molecule has 0 fully saturated rings. The maximum Gasteiger partial charge on any atom is 0.331 e. The summed E-state index contributed by atoms with van der Waals surface area (Å²) >= 11 is 2.39. The van der Waals surface area contributed by atoms with Gasteiger partial charge in [0.15, 0.2) is 0 Å². The Hall–Kier alpha value is -0.320. The maximum atomic E-state index is 11.8. The van der Waals surface area contributed by atoms with Crippen LogP contribution in [0.1, 0.15) is 53.4 Å². The molecule has 0 aromatic carbocycles. The van der Waals surface area contributed by atoms with Gasteiger partial charge in [0.2, 0.25) is 0 Å². The van der Waals surface area contributed by atoms with Crippen molar-refractivity contribution < 1.29 is 9.53 Å². The highest BCUT2D eigenvalue weighted by atomic mass is 127. The Labute approximate surface area is 124 Å². The van der Waals surface area contributed by atoms with Crippen molar-refractivity contribution in [3.8, 4) is 0 Å². The van der Waals surface area contributed by atoms with Crippen molar-refractivity contribution >= 4 is 28.6 Å². The molecule has 1 rings (SSSR count). The number of esters is 1. The number of halogens is 1. The second-order valence-electron chi connectivity index (χ2n) is 5.65. The predicted molar refractivity (Wildman–Crippen MR) is 84.0 cm³/mol. The van der Waals surface area contributed by atoms with Gasteiger partial charge in [0, 0.05) is 6.08 Å². The first kappa shape index (κ1) is 15.7. The largest absolute Gasteiger partial charge is 0.455 e. The van der Waals surface area contributed by atoms with Crippen molar-refractivity contribution in [2.75, 3.05) is 0 Å². The highest BCUT2D eigenvalue weighted by Crippen LogP contribution is 2.31. The van der Waals surface area contributed by atoms with Crippen LogP contribution in [0.4, 0.5) is 0 Å². The molecule has 0 aromatic heterocycles. The van der Waals surface area contributed by atoms with Crippen LogP contribution in [0.15, 0.2) is 23.3 Å². The third-order valence-corrected chi connectivity index (χ3v) is 5.30. The number of cyclic esters (lactones) is 1. The first-order chi connectivity index (χ1) is 8.31. The lowest BCUT2D eigenvalue weighted by Crippen LogP contribution is -2.38. The summed E-state index contributed by atoms with van der Waals surface area (Å²) in [6.45, 7) is 8.18. The molecular weight excluding hydrogens is 339 g/mol. The Kier molecular flexibility index (Phi) is 5.89. The SMILES string of the molecule is CC(C)=CCC/C1=C/C(=O)OC(C)(C)C(I)CC1. The van der Waals surface area contributed by atoms with E-state index in [1.165, 1.54) is 11.1 Å². The van der Waals surface area contributed by atoms with Crippen LogP contribution in [-0.4, -0.2) is 15.5 Å². The van der Waals surface area contributed by atoms with Crippen LogP contribution in [0.5, 0.6) is 0 Å². The Balaban J connectivity index is 2.68. The van der Waals surface area contributed by atoms with Crippen LogP contribution in [0, 0.1) is 0 Å². The highest BCUT2D eigenvalue weighted by molar-refractivity contribution is 14.1. The van der Waals surface area contributed by atoms with Crippen LogP contribution in [0.3, 0.4) is 0 Å². The smallest absolute Gasteiger partial charge is 0.331 e. The lowest BCUT2D eigenvalue weighted by molar-refractivity contribution is -0.150. The predicted octanol–water partition coefficient (Wildman–Crippen LogP) is 4.58. The van der Waals surface area contributed by atoms with Gasteiger partial charge >= 0.3 is 5.97 Å². The summed E-state index contributed by atoms with van der Waals surface area (Å²) in [4.78, 5) is 11.8. The van der Waals surface area contributed by atoms with Crippen molar-refractivity contribution in [1.29, 1.82) is 0 Å². The maximum absolute atomic E-state index is 11.8. The molecule has 3 heteroatoms.